The first kappa shape index (κ1) is 17.0. The summed E-state index contributed by atoms with van der Waals surface area (Å²) in [6.45, 7) is 5.17. The van der Waals surface area contributed by atoms with Gasteiger partial charge in [-0.1, -0.05) is 0 Å². The lowest BCUT2D eigenvalue weighted by atomic mass is 10.2. The minimum Gasteiger partial charge on any atom is -0.478 e. The van der Waals surface area contributed by atoms with Gasteiger partial charge in [0.1, 0.15) is 5.60 Å². The summed E-state index contributed by atoms with van der Waals surface area (Å²) in [5.74, 6) is -1.84. The molecule has 1 N–H and O–H groups in total. The largest absolute Gasteiger partial charge is 0.478 e. The summed E-state index contributed by atoms with van der Waals surface area (Å²) in [5.41, 5.74) is -1.15. The molecule has 0 bridgehead atoms. The van der Waals surface area contributed by atoms with Crippen LogP contribution in [0.15, 0.2) is 23.1 Å². The van der Waals surface area contributed by atoms with E-state index in [1.165, 1.54) is 12.1 Å². The number of rotatable bonds is 5. The van der Waals surface area contributed by atoms with E-state index in [9.17, 15) is 19.7 Å². The quantitative estimate of drug-likeness (QED) is 0.385. The van der Waals surface area contributed by atoms with E-state index in [1.54, 1.807) is 20.8 Å². The molecule has 7 nitrogen and oxygen atoms in total. The Morgan fingerprint density at radius 1 is 1.38 bits per heavy atom. The lowest BCUT2D eigenvalue weighted by molar-refractivity contribution is -0.387. The molecule has 0 atom stereocenters. The number of nitro groups is 1. The van der Waals surface area contributed by atoms with Crippen LogP contribution in [0.5, 0.6) is 0 Å². The first-order chi connectivity index (χ1) is 9.60. The number of hydrogen-bond acceptors (Lipinski definition) is 6. The van der Waals surface area contributed by atoms with Crippen LogP contribution in [0.2, 0.25) is 0 Å². The van der Waals surface area contributed by atoms with Crippen LogP contribution in [0.4, 0.5) is 5.69 Å². The first-order valence-corrected chi connectivity index (χ1v) is 6.95. The van der Waals surface area contributed by atoms with Gasteiger partial charge in [-0.3, -0.25) is 14.9 Å². The van der Waals surface area contributed by atoms with Gasteiger partial charge in [0.05, 0.1) is 21.1 Å². The zero-order chi connectivity index (χ0) is 16.2. The Kier molecular flexibility index (Phi) is 5.31. The maximum absolute atomic E-state index is 11.6. The molecule has 0 heterocycles. The van der Waals surface area contributed by atoms with Crippen LogP contribution in [0.1, 0.15) is 31.1 Å². The minimum atomic E-state index is -1.25. The van der Waals surface area contributed by atoms with E-state index >= 15 is 0 Å². The van der Waals surface area contributed by atoms with Gasteiger partial charge in [0.15, 0.2) is 0 Å². The molecule has 1 aromatic carbocycles. The summed E-state index contributed by atoms with van der Waals surface area (Å²) >= 11 is 0.935. The number of carbonyl (C=O) groups is 2. The average molecular weight is 313 g/mol. The number of aromatic carboxylic acids is 1. The summed E-state index contributed by atoms with van der Waals surface area (Å²) in [4.78, 5) is 32.9. The summed E-state index contributed by atoms with van der Waals surface area (Å²) in [6.07, 6.45) is 0. The molecule has 0 aliphatic rings. The van der Waals surface area contributed by atoms with Gasteiger partial charge in [0.2, 0.25) is 0 Å². The van der Waals surface area contributed by atoms with Crippen LogP contribution in [0, 0.1) is 10.1 Å². The molecule has 8 heteroatoms. The van der Waals surface area contributed by atoms with Gasteiger partial charge in [0.25, 0.3) is 5.69 Å². The van der Waals surface area contributed by atoms with E-state index in [-0.39, 0.29) is 21.9 Å². The number of thioether (sulfide) groups is 1. The Morgan fingerprint density at radius 3 is 2.48 bits per heavy atom. The van der Waals surface area contributed by atoms with Crippen LogP contribution in [-0.4, -0.2) is 33.3 Å². The highest BCUT2D eigenvalue weighted by Gasteiger charge is 2.20. The second-order valence-electron chi connectivity index (χ2n) is 5.12. The number of hydrogen-bond donors (Lipinski definition) is 1. The van der Waals surface area contributed by atoms with E-state index in [1.807, 2.05) is 0 Å². The molecule has 0 fully saturated rings. The van der Waals surface area contributed by atoms with Crippen LogP contribution in [0.3, 0.4) is 0 Å². The second kappa shape index (κ2) is 6.57. The van der Waals surface area contributed by atoms with Crippen LogP contribution >= 0.6 is 11.8 Å². The van der Waals surface area contributed by atoms with Crippen molar-refractivity contribution in [2.45, 2.75) is 31.3 Å². The number of benzene rings is 1. The molecule has 21 heavy (non-hydrogen) atoms. The Bertz CT molecular complexity index is 579. The molecular formula is C13H15NO6S. The topological polar surface area (TPSA) is 107 Å². The van der Waals surface area contributed by atoms with Gasteiger partial charge in [0, 0.05) is 6.07 Å². The third-order valence-corrected chi connectivity index (χ3v) is 3.20. The number of esters is 1. The Labute approximate surface area is 125 Å². The molecule has 0 spiro atoms. The van der Waals surface area contributed by atoms with Gasteiger partial charge in [-0.25, -0.2) is 4.79 Å². The standard InChI is InChI=1S/C13H15NO6S/c1-13(2,3)20-11(15)7-21-10-5-4-8(12(16)17)6-9(10)14(18)19/h4-6H,7H2,1-3H3,(H,16,17). The lowest BCUT2D eigenvalue weighted by Gasteiger charge is -2.19. The van der Waals surface area contributed by atoms with Crippen molar-refractivity contribution in [3.8, 4) is 0 Å². The van der Waals surface area contributed by atoms with E-state index in [2.05, 4.69) is 0 Å². The molecule has 1 rings (SSSR count). The van der Waals surface area contributed by atoms with E-state index in [0.717, 1.165) is 17.8 Å². The second-order valence-corrected chi connectivity index (χ2v) is 6.14. The van der Waals surface area contributed by atoms with E-state index in [4.69, 9.17) is 9.84 Å². The van der Waals surface area contributed by atoms with Crippen molar-refractivity contribution in [3.05, 3.63) is 33.9 Å². The smallest absolute Gasteiger partial charge is 0.335 e. The highest BCUT2D eigenvalue weighted by atomic mass is 32.2. The van der Waals surface area contributed by atoms with Crippen molar-refractivity contribution in [2.24, 2.45) is 0 Å². The van der Waals surface area contributed by atoms with Gasteiger partial charge in [-0.2, -0.15) is 0 Å². The fourth-order valence-corrected chi connectivity index (χ4v) is 2.20. The average Bonchev–Trinajstić information content (AvgIpc) is 2.33. The molecule has 0 unspecified atom stereocenters. The van der Waals surface area contributed by atoms with Crippen molar-refractivity contribution in [1.29, 1.82) is 0 Å². The molecule has 0 aliphatic heterocycles. The number of ether oxygens (including phenoxy) is 1. The number of carboxylic acids is 1. The predicted octanol–water partition coefficient (Wildman–Crippen LogP) is 2.73. The predicted molar refractivity (Wildman–Crippen MR) is 76.6 cm³/mol. The fourth-order valence-electron chi connectivity index (χ4n) is 1.42. The maximum Gasteiger partial charge on any atom is 0.335 e. The zero-order valence-corrected chi connectivity index (χ0v) is 12.6. The summed E-state index contributed by atoms with van der Waals surface area (Å²) < 4.78 is 5.10. The summed E-state index contributed by atoms with van der Waals surface area (Å²) in [6, 6.07) is 3.54. The zero-order valence-electron chi connectivity index (χ0n) is 11.8. The van der Waals surface area contributed by atoms with Crippen LogP contribution in [-0.2, 0) is 9.53 Å². The molecular weight excluding hydrogens is 298 g/mol. The summed E-state index contributed by atoms with van der Waals surface area (Å²) in [5, 5.41) is 19.8. The van der Waals surface area contributed by atoms with Crippen molar-refractivity contribution in [3.63, 3.8) is 0 Å². The highest BCUT2D eigenvalue weighted by Crippen LogP contribution is 2.30. The molecule has 0 aliphatic carbocycles. The normalized spacial score (nSPS) is 11.0. The number of carbonyl (C=O) groups excluding carboxylic acids is 1. The molecule has 0 amide bonds. The highest BCUT2D eigenvalue weighted by molar-refractivity contribution is 8.00. The van der Waals surface area contributed by atoms with Gasteiger partial charge < -0.3 is 9.84 Å². The number of nitro benzene ring substituents is 1. The fraction of sp³-hybridized carbons (Fsp3) is 0.385. The van der Waals surface area contributed by atoms with Crippen molar-refractivity contribution >= 4 is 29.4 Å². The van der Waals surface area contributed by atoms with E-state index < -0.39 is 22.5 Å². The maximum atomic E-state index is 11.6. The van der Waals surface area contributed by atoms with Gasteiger partial charge in [-0.05, 0) is 32.9 Å². The van der Waals surface area contributed by atoms with Crippen LogP contribution in [0.25, 0.3) is 0 Å². The Hall–Kier alpha value is -2.09. The summed E-state index contributed by atoms with van der Waals surface area (Å²) in [7, 11) is 0. The molecule has 114 valence electrons. The molecule has 0 aromatic heterocycles. The number of nitrogens with zero attached hydrogens (tertiary/aromatic N) is 1. The van der Waals surface area contributed by atoms with Crippen molar-refractivity contribution in [2.75, 3.05) is 5.75 Å². The third kappa shape index (κ3) is 5.42. The monoisotopic (exact) mass is 313 g/mol. The SMILES string of the molecule is CC(C)(C)OC(=O)CSc1ccc(C(=O)O)cc1[N+](=O)[O-]. The van der Waals surface area contributed by atoms with E-state index in [0.29, 0.717) is 0 Å². The lowest BCUT2D eigenvalue weighted by Crippen LogP contribution is -2.24. The van der Waals surface area contributed by atoms with Gasteiger partial charge >= 0.3 is 11.9 Å². The Morgan fingerprint density at radius 2 is 2.00 bits per heavy atom. The third-order valence-electron chi connectivity index (χ3n) is 2.17. The van der Waals surface area contributed by atoms with Crippen molar-refractivity contribution < 1.29 is 24.4 Å². The molecule has 0 saturated heterocycles. The molecule has 1 aromatic rings. The van der Waals surface area contributed by atoms with Crippen LogP contribution < -0.4 is 0 Å². The van der Waals surface area contributed by atoms with Crippen molar-refractivity contribution in [1.82, 2.24) is 0 Å². The molecule has 0 saturated carbocycles. The van der Waals surface area contributed by atoms with Gasteiger partial charge in [-0.15, -0.1) is 11.8 Å². The Balaban J connectivity index is 2.86. The number of carboxylic acid groups (broad SMARTS) is 1. The first-order valence-electron chi connectivity index (χ1n) is 5.96. The minimum absolute atomic E-state index is 0.0927. The molecule has 0 radical (unpaired) electrons.